The maximum absolute atomic E-state index is 12.8. The minimum atomic E-state index is -4.62. The molecule has 0 heterocycles. The zero-order valence-electron chi connectivity index (χ0n) is 36.6. The fourth-order valence-electron chi connectivity index (χ4n) is 5.92. The third kappa shape index (κ3) is 40.1. The summed E-state index contributed by atoms with van der Waals surface area (Å²) in [6.45, 7) is 4.44. The molecule has 0 rings (SSSR count). The Hall–Kier alpha value is -2.06. The van der Waals surface area contributed by atoms with Gasteiger partial charge in [0.25, 0.3) is 7.82 Å². The predicted octanol–water partition coefficient (Wildman–Crippen LogP) is 11.8. The van der Waals surface area contributed by atoms with E-state index >= 15 is 0 Å². The maximum atomic E-state index is 12.8. The quantitative estimate of drug-likeness (QED) is 0.0277. The molecule has 0 aromatic rings. The zero-order chi connectivity index (χ0) is 41.4. The summed E-state index contributed by atoms with van der Waals surface area (Å²) in [6.07, 6.45) is 51.2. The van der Waals surface area contributed by atoms with E-state index in [1.165, 1.54) is 96.3 Å². The van der Waals surface area contributed by atoms with Crippen molar-refractivity contribution in [3.05, 3.63) is 72.9 Å². The van der Waals surface area contributed by atoms with Crippen LogP contribution in [0.3, 0.4) is 0 Å². The highest BCUT2D eigenvalue weighted by molar-refractivity contribution is 7.45. The van der Waals surface area contributed by atoms with E-state index in [2.05, 4.69) is 67.8 Å². The van der Waals surface area contributed by atoms with E-state index in [0.717, 1.165) is 44.9 Å². The van der Waals surface area contributed by atoms with Crippen LogP contribution in [0.15, 0.2) is 72.9 Å². The molecular weight excluding hydrogens is 719 g/mol. The number of aliphatic hydroxyl groups is 1. The largest absolute Gasteiger partial charge is 0.756 e. The number of hydrogen-bond acceptors (Lipinski definition) is 6. The van der Waals surface area contributed by atoms with Gasteiger partial charge in [0.05, 0.1) is 39.9 Å². The minimum absolute atomic E-state index is 0.0206. The molecule has 1 amide bonds. The van der Waals surface area contributed by atoms with E-state index in [1.54, 1.807) is 12.2 Å². The van der Waals surface area contributed by atoms with E-state index in [0.29, 0.717) is 17.4 Å². The van der Waals surface area contributed by atoms with E-state index in [4.69, 9.17) is 9.05 Å². The summed E-state index contributed by atoms with van der Waals surface area (Å²) in [6, 6.07) is -0.943. The van der Waals surface area contributed by atoms with Gasteiger partial charge in [0.1, 0.15) is 13.2 Å². The Morgan fingerprint density at radius 1 is 0.643 bits per heavy atom. The van der Waals surface area contributed by atoms with Gasteiger partial charge < -0.3 is 28.8 Å². The highest BCUT2D eigenvalue weighted by Gasteiger charge is 2.23. The van der Waals surface area contributed by atoms with Crippen molar-refractivity contribution in [3.8, 4) is 0 Å². The lowest BCUT2D eigenvalue weighted by molar-refractivity contribution is -0.870. The lowest BCUT2D eigenvalue weighted by Gasteiger charge is -2.29. The summed E-state index contributed by atoms with van der Waals surface area (Å²) in [5, 5.41) is 13.7. The van der Waals surface area contributed by atoms with E-state index < -0.39 is 26.6 Å². The Bertz CT molecular complexity index is 1140. The standard InChI is InChI=1S/C47H85N2O6P/c1-6-8-10-12-14-16-18-20-22-23-24-25-27-28-30-32-34-36-38-40-46(50)45(44-55-56(52,53)54-43-42-49(3,4)5)48-47(51)41-39-37-35-33-31-29-26-21-19-17-15-13-11-9-7-2/h9,11,15,17,21,26,31,33,37-40,45-46,50H,6-8,10,12-14,16,18-20,22-25,27-30,32,34-36,41-44H2,1-5H3,(H-,48,51,52,53)/b11-9-,17-15-,26-21-,33-31-,39-37-,40-38+. The van der Waals surface area contributed by atoms with Crippen molar-refractivity contribution < 1.29 is 32.9 Å². The number of nitrogens with zero attached hydrogens (tertiary/aromatic N) is 1. The molecule has 0 aliphatic rings. The number of hydrogen-bond donors (Lipinski definition) is 2. The number of unbranched alkanes of at least 4 members (excludes halogenated alkanes) is 17. The molecule has 0 spiro atoms. The second-order valence-electron chi connectivity index (χ2n) is 16.0. The predicted molar refractivity (Wildman–Crippen MR) is 237 cm³/mol. The van der Waals surface area contributed by atoms with Crippen molar-refractivity contribution in [2.24, 2.45) is 0 Å². The van der Waals surface area contributed by atoms with Crippen LogP contribution in [-0.4, -0.2) is 68.5 Å². The van der Waals surface area contributed by atoms with Gasteiger partial charge in [-0.1, -0.05) is 189 Å². The van der Waals surface area contributed by atoms with Crippen molar-refractivity contribution in [1.82, 2.24) is 5.32 Å². The average Bonchev–Trinajstić information content (AvgIpc) is 3.15. The number of quaternary nitrogens is 1. The third-order valence-electron chi connectivity index (χ3n) is 9.45. The van der Waals surface area contributed by atoms with Crippen LogP contribution in [0.25, 0.3) is 0 Å². The summed E-state index contributed by atoms with van der Waals surface area (Å²) >= 11 is 0. The molecule has 0 radical (unpaired) electrons. The Balaban J connectivity index is 4.55. The first-order valence-electron chi connectivity index (χ1n) is 22.3. The van der Waals surface area contributed by atoms with Crippen LogP contribution in [-0.2, 0) is 18.4 Å². The fraction of sp³-hybridized carbons (Fsp3) is 0.723. The Kier molecular flexibility index (Phi) is 37.0. The van der Waals surface area contributed by atoms with E-state index in [1.807, 2.05) is 33.3 Å². The molecule has 0 aromatic heterocycles. The van der Waals surface area contributed by atoms with Crippen molar-refractivity contribution in [1.29, 1.82) is 0 Å². The van der Waals surface area contributed by atoms with Crippen molar-refractivity contribution in [2.45, 2.75) is 180 Å². The summed E-state index contributed by atoms with van der Waals surface area (Å²) in [5.74, 6) is -0.327. The van der Waals surface area contributed by atoms with E-state index in [9.17, 15) is 19.4 Å². The normalized spacial score (nSPS) is 15.1. The van der Waals surface area contributed by atoms with Gasteiger partial charge in [-0.25, -0.2) is 0 Å². The van der Waals surface area contributed by atoms with Gasteiger partial charge in [0.15, 0.2) is 0 Å². The van der Waals surface area contributed by atoms with Gasteiger partial charge in [-0.15, -0.1) is 0 Å². The number of carbonyl (C=O) groups is 1. The fourth-order valence-corrected chi connectivity index (χ4v) is 6.65. The topological polar surface area (TPSA) is 108 Å². The van der Waals surface area contributed by atoms with Gasteiger partial charge in [0, 0.05) is 6.42 Å². The Morgan fingerprint density at radius 2 is 1.07 bits per heavy atom. The summed E-state index contributed by atoms with van der Waals surface area (Å²) in [7, 11) is 1.19. The molecule has 3 unspecified atom stereocenters. The first-order valence-corrected chi connectivity index (χ1v) is 23.8. The molecule has 0 bridgehead atoms. The van der Waals surface area contributed by atoms with Crippen LogP contribution in [0, 0.1) is 0 Å². The van der Waals surface area contributed by atoms with E-state index in [-0.39, 0.29) is 18.9 Å². The molecule has 0 saturated heterocycles. The molecule has 9 heteroatoms. The van der Waals surface area contributed by atoms with Crippen molar-refractivity contribution in [3.63, 3.8) is 0 Å². The number of phosphoric ester groups is 1. The van der Waals surface area contributed by atoms with Crippen molar-refractivity contribution in [2.75, 3.05) is 40.9 Å². The average molecular weight is 805 g/mol. The molecule has 0 aromatic carbocycles. The van der Waals surface area contributed by atoms with Gasteiger partial charge in [-0.05, 0) is 44.9 Å². The second-order valence-corrected chi connectivity index (χ2v) is 17.5. The summed E-state index contributed by atoms with van der Waals surface area (Å²) in [4.78, 5) is 25.2. The molecule has 0 saturated carbocycles. The lowest BCUT2D eigenvalue weighted by Crippen LogP contribution is -2.45. The second kappa shape index (κ2) is 38.5. The third-order valence-corrected chi connectivity index (χ3v) is 10.4. The Labute approximate surface area is 344 Å². The molecule has 56 heavy (non-hydrogen) atoms. The molecule has 8 nitrogen and oxygen atoms in total. The zero-order valence-corrected chi connectivity index (χ0v) is 37.5. The molecule has 3 atom stereocenters. The van der Waals surface area contributed by atoms with Crippen LogP contribution in [0.2, 0.25) is 0 Å². The number of likely N-dealkylation sites (N-methyl/N-ethyl adjacent to an activating group) is 1. The first-order chi connectivity index (χ1) is 27.0. The number of rotatable bonds is 39. The highest BCUT2D eigenvalue weighted by Crippen LogP contribution is 2.38. The molecule has 0 aliphatic carbocycles. The first kappa shape index (κ1) is 53.9. The number of phosphoric acid groups is 1. The van der Waals surface area contributed by atoms with Gasteiger partial charge in [-0.3, -0.25) is 9.36 Å². The number of amides is 1. The smallest absolute Gasteiger partial charge is 0.268 e. The Morgan fingerprint density at radius 3 is 1.52 bits per heavy atom. The SMILES string of the molecule is CC/C=C\C/C=C\C/C=C\C/C=C\C/C=C\CC(=O)NC(COP(=O)([O-])OCC[N+](C)(C)C)C(O)/C=C/CCCCCCCCCCCCCCCCCCC. The van der Waals surface area contributed by atoms with Crippen LogP contribution < -0.4 is 10.2 Å². The van der Waals surface area contributed by atoms with Crippen LogP contribution in [0.4, 0.5) is 0 Å². The number of carbonyl (C=O) groups excluding carboxylic acids is 1. The van der Waals surface area contributed by atoms with Crippen LogP contribution in [0.1, 0.15) is 168 Å². The van der Waals surface area contributed by atoms with Gasteiger partial charge in [-0.2, -0.15) is 0 Å². The minimum Gasteiger partial charge on any atom is -0.756 e. The summed E-state index contributed by atoms with van der Waals surface area (Å²) < 4.78 is 23.1. The van der Waals surface area contributed by atoms with Gasteiger partial charge >= 0.3 is 0 Å². The van der Waals surface area contributed by atoms with Crippen LogP contribution in [0.5, 0.6) is 0 Å². The highest BCUT2D eigenvalue weighted by atomic mass is 31.2. The molecule has 0 fully saturated rings. The van der Waals surface area contributed by atoms with Crippen molar-refractivity contribution >= 4 is 13.7 Å². The number of nitrogens with one attached hydrogen (secondary N) is 1. The lowest BCUT2D eigenvalue weighted by atomic mass is 10.0. The molecule has 324 valence electrons. The molecule has 0 aliphatic heterocycles. The van der Waals surface area contributed by atoms with Gasteiger partial charge in [0.2, 0.25) is 5.91 Å². The molecule has 2 N–H and O–H groups in total. The molecular formula is C47H85N2O6P. The number of aliphatic hydroxyl groups excluding tert-OH is 1. The summed E-state index contributed by atoms with van der Waals surface area (Å²) in [5.41, 5.74) is 0. The monoisotopic (exact) mass is 805 g/mol. The maximum Gasteiger partial charge on any atom is 0.268 e. The number of allylic oxidation sites excluding steroid dienone is 10. The van der Waals surface area contributed by atoms with Crippen LogP contribution >= 0.6 is 7.82 Å².